The number of carbonyl (C=O) groups is 1. The van der Waals surface area contributed by atoms with Crippen LogP contribution in [0.3, 0.4) is 0 Å². The Morgan fingerprint density at radius 2 is 1.62 bits per heavy atom. The molecule has 0 bridgehead atoms. The molecule has 24 heavy (non-hydrogen) atoms. The van der Waals surface area contributed by atoms with E-state index in [0.717, 1.165) is 10.8 Å². The molecule has 4 rings (SSSR count). The highest BCUT2D eigenvalue weighted by molar-refractivity contribution is 6.14. The third-order valence-corrected chi connectivity index (χ3v) is 4.08. The molecule has 5 heteroatoms. The minimum atomic E-state index is -0.367. The van der Waals surface area contributed by atoms with E-state index in [9.17, 15) is 19.4 Å². The number of aromatic amines is 1. The molecule has 3 N–H and O–H groups in total. The molecule has 4 aromatic rings. The second-order valence-electron chi connectivity index (χ2n) is 5.58. The first-order valence-electron chi connectivity index (χ1n) is 7.31. The molecule has 0 aliphatic heterocycles. The average Bonchev–Trinajstić information content (AvgIpc) is 3.01. The lowest BCUT2D eigenvalue weighted by atomic mass is 10.0. The minimum absolute atomic E-state index is 0.224. The zero-order valence-electron chi connectivity index (χ0n) is 12.4. The lowest BCUT2D eigenvalue weighted by molar-refractivity contribution is 0.103. The number of H-pyrrole nitrogens is 1. The van der Waals surface area contributed by atoms with E-state index in [1.165, 1.54) is 24.3 Å². The van der Waals surface area contributed by atoms with Crippen molar-refractivity contribution in [1.82, 2.24) is 4.98 Å². The van der Waals surface area contributed by atoms with Crippen LogP contribution in [0.25, 0.3) is 21.7 Å². The van der Waals surface area contributed by atoms with Crippen LogP contribution in [0.2, 0.25) is 0 Å². The first-order chi connectivity index (χ1) is 11.5. The minimum Gasteiger partial charge on any atom is -0.504 e. The number of hydrogen-bond acceptors (Lipinski definition) is 3. The normalized spacial score (nSPS) is 11.2. The Morgan fingerprint density at radius 3 is 2.38 bits per heavy atom. The molecule has 0 fully saturated rings. The molecule has 1 aromatic heterocycles. The molecule has 0 aliphatic rings. The Bertz CT molecular complexity index is 1110. The molecular weight excluding hydrogens is 309 g/mol. The standard InChI is InChI=1S/C19H12FNO3/c20-14-9-15-13(11-3-1-2-4-12(11)14)8-16(21-15)19(24)10-5-6-17(22)18(23)7-10/h1-9,21-23H. The Balaban J connectivity index is 1.90. The first-order valence-corrected chi connectivity index (χ1v) is 7.31. The third kappa shape index (κ3) is 2.10. The van der Waals surface area contributed by atoms with Gasteiger partial charge in [-0.05, 0) is 35.7 Å². The van der Waals surface area contributed by atoms with Crippen molar-refractivity contribution >= 4 is 27.5 Å². The summed E-state index contributed by atoms with van der Waals surface area (Å²) < 4.78 is 14.2. The van der Waals surface area contributed by atoms with Gasteiger partial charge in [0.05, 0.1) is 5.69 Å². The molecule has 0 saturated carbocycles. The van der Waals surface area contributed by atoms with Gasteiger partial charge in [-0.1, -0.05) is 24.3 Å². The van der Waals surface area contributed by atoms with Gasteiger partial charge < -0.3 is 15.2 Å². The molecule has 0 unspecified atom stereocenters. The number of hydrogen-bond donors (Lipinski definition) is 3. The zero-order valence-corrected chi connectivity index (χ0v) is 12.4. The van der Waals surface area contributed by atoms with Crippen LogP contribution in [-0.2, 0) is 0 Å². The van der Waals surface area contributed by atoms with E-state index in [0.29, 0.717) is 10.9 Å². The molecule has 3 aromatic carbocycles. The molecule has 0 amide bonds. The highest BCUT2D eigenvalue weighted by Gasteiger charge is 2.16. The predicted octanol–water partition coefficient (Wildman–Crippen LogP) is 4.10. The lowest BCUT2D eigenvalue weighted by Gasteiger charge is -2.01. The van der Waals surface area contributed by atoms with E-state index in [-0.39, 0.29) is 34.4 Å². The number of halogens is 1. The summed E-state index contributed by atoms with van der Waals surface area (Å²) >= 11 is 0. The number of fused-ring (bicyclic) bond motifs is 3. The van der Waals surface area contributed by atoms with Crippen molar-refractivity contribution in [1.29, 1.82) is 0 Å². The number of aromatic nitrogens is 1. The smallest absolute Gasteiger partial charge is 0.209 e. The number of phenolic OH excluding ortho intramolecular Hbond substituents is 2. The summed E-state index contributed by atoms with van der Waals surface area (Å²) in [4.78, 5) is 15.5. The van der Waals surface area contributed by atoms with Crippen molar-refractivity contribution in [3.05, 3.63) is 71.7 Å². The molecule has 1 heterocycles. The number of benzene rings is 3. The Labute approximate surface area is 135 Å². The second kappa shape index (κ2) is 5.09. The number of aromatic hydroxyl groups is 2. The van der Waals surface area contributed by atoms with E-state index in [4.69, 9.17) is 0 Å². The van der Waals surface area contributed by atoms with Crippen molar-refractivity contribution in [2.24, 2.45) is 0 Å². The van der Waals surface area contributed by atoms with Gasteiger partial charge in [0.1, 0.15) is 5.82 Å². The number of nitrogens with one attached hydrogen (secondary N) is 1. The fraction of sp³-hybridized carbons (Fsp3) is 0. The predicted molar refractivity (Wildman–Crippen MR) is 89.0 cm³/mol. The van der Waals surface area contributed by atoms with E-state index < -0.39 is 0 Å². The van der Waals surface area contributed by atoms with Crippen molar-refractivity contribution < 1.29 is 19.4 Å². The lowest BCUT2D eigenvalue weighted by Crippen LogP contribution is -2.01. The topological polar surface area (TPSA) is 73.3 Å². The van der Waals surface area contributed by atoms with Crippen molar-refractivity contribution in [2.45, 2.75) is 0 Å². The molecular formula is C19H12FNO3. The van der Waals surface area contributed by atoms with E-state index in [1.807, 2.05) is 6.07 Å². The van der Waals surface area contributed by atoms with Crippen LogP contribution in [0.5, 0.6) is 11.5 Å². The first kappa shape index (κ1) is 14.3. The molecule has 4 nitrogen and oxygen atoms in total. The highest BCUT2D eigenvalue weighted by atomic mass is 19.1. The van der Waals surface area contributed by atoms with Gasteiger partial charge in [0.25, 0.3) is 0 Å². The van der Waals surface area contributed by atoms with Gasteiger partial charge in [0.15, 0.2) is 11.5 Å². The van der Waals surface area contributed by atoms with Gasteiger partial charge >= 0.3 is 0 Å². The van der Waals surface area contributed by atoms with Crippen LogP contribution in [0, 0.1) is 5.82 Å². The van der Waals surface area contributed by atoms with Crippen LogP contribution in [-0.4, -0.2) is 21.0 Å². The molecule has 0 atom stereocenters. The summed E-state index contributed by atoms with van der Waals surface area (Å²) in [5, 5.41) is 20.9. The summed E-state index contributed by atoms with van der Waals surface area (Å²) in [6.45, 7) is 0. The van der Waals surface area contributed by atoms with Gasteiger partial charge in [0, 0.05) is 21.9 Å². The maximum absolute atomic E-state index is 14.2. The van der Waals surface area contributed by atoms with Gasteiger partial charge in [0.2, 0.25) is 5.78 Å². The van der Waals surface area contributed by atoms with E-state index >= 15 is 0 Å². The maximum atomic E-state index is 14.2. The van der Waals surface area contributed by atoms with Crippen LogP contribution in [0.4, 0.5) is 4.39 Å². The Kier molecular flexibility index (Phi) is 3.03. The number of phenols is 2. The molecule has 118 valence electrons. The summed E-state index contributed by atoms with van der Waals surface area (Å²) in [5.41, 5.74) is 1.03. The Hall–Kier alpha value is -3.34. The van der Waals surface area contributed by atoms with Crippen molar-refractivity contribution in [2.75, 3.05) is 0 Å². The van der Waals surface area contributed by atoms with E-state index in [1.54, 1.807) is 24.3 Å². The quantitative estimate of drug-likeness (QED) is 0.384. The Morgan fingerprint density at radius 1 is 0.875 bits per heavy atom. The number of ketones is 1. The largest absolute Gasteiger partial charge is 0.504 e. The van der Waals surface area contributed by atoms with Gasteiger partial charge in [-0.15, -0.1) is 0 Å². The number of carbonyl (C=O) groups excluding carboxylic acids is 1. The molecule has 0 radical (unpaired) electrons. The molecule has 0 aliphatic carbocycles. The summed E-state index contributed by atoms with van der Waals surface area (Å²) in [7, 11) is 0. The third-order valence-electron chi connectivity index (χ3n) is 4.08. The average molecular weight is 321 g/mol. The maximum Gasteiger partial charge on any atom is 0.209 e. The van der Waals surface area contributed by atoms with Crippen LogP contribution in [0.1, 0.15) is 16.1 Å². The molecule has 0 spiro atoms. The van der Waals surface area contributed by atoms with Crippen LogP contribution >= 0.6 is 0 Å². The van der Waals surface area contributed by atoms with Gasteiger partial charge in [-0.2, -0.15) is 0 Å². The highest BCUT2D eigenvalue weighted by Crippen LogP contribution is 2.30. The van der Waals surface area contributed by atoms with Crippen LogP contribution < -0.4 is 0 Å². The summed E-state index contributed by atoms with van der Waals surface area (Å²) in [6, 6.07) is 14.0. The van der Waals surface area contributed by atoms with Gasteiger partial charge in [-0.25, -0.2) is 4.39 Å². The zero-order chi connectivity index (χ0) is 16.8. The fourth-order valence-corrected chi connectivity index (χ4v) is 2.88. The van der Waals surface area contributed by atoms with Gasteiger partial charge in [-0.3, -0.25) is 4.79 Å². The SMILES string of the molecule is O=C(c1ccc(O)c(O)c1)c1cc2c(cc(F)c3ccccc32)[nH]1. The van der Waals surface area contributed by atoms with Crippen LogP contribution in [0.15, 0.2) is 54.6 Å². The second-order valence-corrected chi connectivity index (χ2v) is 5.58. The summed E-state index contributed by atoms with van der Waals surface area (Å²) in [5.74, 6) is -1.38. The molecule has 0 saturated heterocycles. The number of rotatable bonds is 2. The van der Waals surface area contributed by atoms with Crippen molar-refractivity contribution in [3.8, 4) is 11.5 Å². The van der Waals surface area contributed by atoms with Crippen molar-refractivity contribution in [3.63, 3.8) is 0 Å². The fourth-order valence-electron chi connectivity index (χ4n) is 2.88. The van der Waals surface area contributed by atoms with E-state index in [2.05, 4.69) is 4.98 Å². The monoisotopic (exact) mass is 321 g/mol. The summed E-state index contributed by atoms with van der Waals surface area (Å²) in [6.07, 6.45) is 0.